The fourth-order valence-electron chi connectivity index (χ4n) is 4.84. The van der Waals surface area contributed by atoms with Gasteiger partial charge in [0.1, 0.15) is 0 Å². The van der Waals surface area contributed by atoms with Crippen LogP contribution < -0.4 is 0 Å². The summed E-state index contributed by atoms with van der Waals surface area (Å²) in [4.78, 5) is 0. The normalized spacial score (nSPS) is 11.9. The second kappa shape index (κ2) is 11.1. The summed E-state index contributed by atoms with van der Waals surface area (Å²) in [5, 5.41) is 2.69. The molecule has 0 radical (unpaired) electrons. The Labute approximate surface area is 192 Å². The zero-order valence-corrected chi connectivity index (χ0v) is 20.6. The van der Waals surface area contributed by atoms with E-state index in [2.05, 4.69) is 97.4 Å². The van der Waals surface area contributed by atoms with Crippen molar-refractivity contribution in [3.05, 3.63) is 70.7 Å². The Balaban J connectivity index is 1.81. The third kappa shape index (κ3) is 5.35. The molecular formula is C29H37Br. The number of unbranched alkanes of at least 4 members (excludes halogenated alkanes) is 5. The fraction of sp³-hybridized carbons (Fsp3) is 0.448. The predicted molar refractivity (Wildman–Crippen MR) is 137 cm³/mol. The molecule has 0 aliphatic heterocycles. The predicted octanol–water partition coefficient (Wildman–Crippen LogP) is 10.1. The molecule has 3 rings (SSSR count). The molecule has 0 fully saturated rings. The van der Waals surface area contributed by atoms with Crippen LogP contribution in [-0.4, -0.2) is 0 Å². The van der Waals surface area contributed by atoms with Crippen LogP contribution in [0.1, 0.15) is 84.1 Å². The maximum atomic E-state index is 3.70. The zero-order chi connectivity index (χ0) is 21.4. The van der Waals surface area contributed by atoms with Gasteiger partial charge in [0.2, 0.25) is 0 Å². The van der Waals surface area contributed by atoms with Crippen molar-refractivity contribution in [1.29, 1.82) is 0 Å². The van der Waals surface area contributed by atoms with Crippen LogP contribution in [0.25, 0.3) is 21.9 Å². The Morgan fingerprint density at radius 1 is 0.700 bits per heavy atom. The van der Waals surface area contributed by atoms with Crippen molar-refractivity contribution >= 4 is 26.7 Å². The molecule has 0 N–H and O–H groups in total. The maximum Gasteiger partial charge on any atom is 0.0253 e. The van der Waals surface area contributed by atoms with Gasteiger partial charge in [-0.25, -0.2) is 0 Å². The van der Waals surface area contributed by atoms with Gasteiger partial charge in [-0.2, -0.15) is 0 Å². The monoisotopic (exact) mass is 464 g/mol. The third-order valence-corrected chi connectivity index (χ3v) is 7.69. The molecular weight excluding hydrogens is 428 g/mol. The molecule has 0 heterocycles. The largest absolute Gasteiger partial charge is 0.0654 e. The summed E-state index contributed by atoms with van der Waals surface area (Å²) < 4.78 is 1.15. The fourth-order valence-corrected chi connectivity index (χ4v) is 5.35. The van der Waals surface area contributed by atoms with Crippen molar-refractivity contribution in [2.75, 3.05) is 0 Å². The Kier molecular flexibility index (Phi) is 8.57. The van der Waals surface area contributed by atoms with Crippen molar-refractivity contribution in [3.8, 4) is 11.1 Å². The van der Waals surface area contributed by atoms with E-state index in [1.165, 1.54) is 85.3 Å². The molecule has 0 atom stereocenters. The van der Waals surface area contributed by atoms with Gasteiger partial charge in [-0.05, 0) is 64.3 Å². The van der Waals surface area contributed by atoms with Crippen LogP contribution in [0.3, 0.4) is 0 Å². The number of rotatable bonds is 11. The molecule has 0 spiro atoms. The van der Waals surface area contributed by atoms with Crippen LogP contribution >= 0.6 is 15.9 Å². The van der Waals surface area contributed by atoms with Crippen molar-refractivity contribution < 1.29 is 0 Å². The maximum absolute atomic E-state index is 3.70. The highest BCUT2D eigenvalue weighted by Crippen LogP contribution is 2.39. The Morgan fingerprint density at radius 3 is 2.10 bits per heavy atom. The van der Waals surface area contributed by atoms with E-state index in [-0.39, 0.29) is 0 Å². The molecule has 0 nitrogen and oxygen atoms in total. The van der Waals surface area contributed by atoms with E-state index in [1.807, 2.05) is 0 Å². The molecule has 0 unspecified atom stereocenters. The highest BCUT2D eigenvalue weighted by atomic mass is 79.9. The lowest BCUT2D eigenvalue weighted by molar-refractivity contribution is 0.348. The molecule has 160 valence electrons. The van der Waals surface area contributed by atoms with Crippen LogP contribution in [0.4, 0.5) is 0 Å². The highest BCUT2D eigenvalue weighted by Gasteiger charge is 2.28. The van der Waals surface area contributed by atoms with Gasteiger partial charge in [0, 0.05) is 4.47 Å². The summed E-state index contributed by atoms with van der Waals surface area (Å²) in [6.45, 7) is 7.04. The first-order valence-corrected chi connectivity index (χ1v) is 12.7. The number of hydrogen-bond acceptors (Lipinski definition) is 0. The Bertz CT molecular complexity index is 936. The second-order valence-electron chi connectivity index (χ2n) is 8.76. The van der Waals surface area contributed by atoms with Gasteiger partial charge in [0.05, 0.1) is 0 Å². The molecule has 0 aromatic heterocycles. The van der Waals surface area contributed by atoms with E-state index >= 15 is 0 Å². The first-order chi connectivity index (χ1) is 14.6. The molecule has 3 aromatic rings. The summed E-state index contributed by atoms with van der Waals surface area (Å²) >= 11 is 3.70. The van der Waals surface area contributed by atoms with Crippen molar-refractivity contribution in [2.24, 2.45) is 0 Å². The standard InChI is InChI=1S/C29H37Br/c1-4-7-8-9-10-13-20-29(5-2,6-3)26-19-18-23-21-25(17-16-24(23)22-26)27-14-11-12-15-28(27)30/h11-12,14-19,21-22H,4-10,13,20H2,1-3H3. The molecule has 0 saturated heterocycles. The molecule has 0 aliphatic rings. The lowest BCUT2D eigenvalue weighted by Crippen LogP contribution is -2.24. The number of fused-ring (bicyclic) bond motifs is 1. The molecule has 0 bridgehead atoms. The van der Waals surface area contributed by atoms with E-state index in [9.17, 15) is 0 Å². The van der Waals surface area contributed by atoms with Crippen LogP contribution in [0.5, 0.6) is 0 Å². The van der Waals surface area contributed by atoms with E-state index in [1.54, 1.807) is 0 Å². The van der Waals surface area contributed by atoms with Gasteiger partial charge in [0.15, 0.2) is 0 Å². The second-order valence-corrected chi connectivity index (χ2v) is 9.62. The molecule has 1 heteroatoms. The Hall–Kier alpha value is -1.60. The minimum absolute atomic E-state index is 0.320. The minimum Gasteiger partial charge on any atom is -0.0654 e. The van der Waals surface area contributed by atoms with E-state index in [0.717, 1.165) is 4.47 Å². The van der Waals surface area contributed by atoms with Crippen molar-refractivity contribution in [3.63, 3.8) is 0 Å². The average Bonchev–Trinajstić information content (AvgIpc) is 2.79. The molecule has 30 heavy (non-hydrogen) atoms. The van der Waals surface area contributed by atoms with Gasteiger partial charge >= 0.3 is 0 Å². The van der Waals surface area contributed by atoms with Gasteiger partial charge in [-0.15, -0.1) is 0 Å². The highest BCUT2D eigenvalue weighted by molar-refractivity contribution is 9.10. The van der Waals surface area contributed by atoms with Gasteiger partial charge in [-0.1, -0.05) is 124 Å². The zero-order valence-electron chi connectivity index (χ0n) is 19.0. The van der Waals surface area contributed by atoms with Crippen LogP contribution in [-0.2, 0) is 5.41 Å². The van der Waals surface area contributed by atoms with E-state index in [4.69, 9.17) is 0 Å². The average molecular weight is 466 g/mol. The van der Waals surface area contributed by atoms with Gasteiger partial charge < -0.3 is 0 Å². The van der Waals surface area contributed by atoms with Crippen LogP contribution in [0, 0.1) is 0 Å². The summed E-state index contributed by atoms with van der Waals surface area (Å²) in [6, 6.07) is 22.6. The molecule has 0 aliphatic carbocycles. The summed E-state index contributed by atoms with van der Waals surface area (Å²) in [7, 11) is 0. The first kappa shape index (κ1) is 23.1. The summed E-state index contributed by atoms with van der Waals surface area (Å²) in [5.41, 5.74) is 4.37. The topological polar surface area (TPSA) is 0 Å². The first-order valence-electron chi connectivity index (χ1n) is 11.9. The molecule has 0 saturated carbocycles. The van der Waals surface area contributed by atoms with E-state index in [0.29, 0.717) is 5.41 Å². The summed E-state index contributed by atoms with van der Waals surface area (Å²) in [5.74, 6) is 0. The van der Waals surface area contributed by atoms with Gasteiger partial charge in [0.25, 0.3) is 0 Å². The van der Waals surface area contributed by atoms with Gasteiger partial charge in [-0.3, -0.25) is 0 Å². The van der Waals surface area contributed by atoms with Crippen molar-refractivity contribution in [2.45, 2.75) is 84.0 Å². The quantitative estimate of drug-likeness (QED) is 0.247. The van der Waals surface area contributed by atoms with Crippen LogP contribution in [0.2, 0.25) is 0 Å². The lowest BCUT2D eigenvalue weighted by atomic mass is 9.72. The number of halogens is 1. The number of hydrogen-bond donors (Lipinski definition) is 0. The van der Waals surface area contributed by atoms with E-state index < -0.39 is 0 Å². The lowest BCUT2D eigenvalue weighted by Gasteiger charge is -2.33. The molecule has 0 amide bonds. The Morgan fingerprint density at radius 2 is 1.37 bits per heavy atom. The number of benzene rings is 3. The molecule has 3 aromatic carbocycles. The van der Waals surface area contributed by atoms with Crippen molar-refractivity contribution in [1.82, 2.24) is 0 Å². The van der Waals surface area contributed by atoms with Crippen LogP contribution in [0.15, 0.2) is 65.1 Å². The third-order valence-electron chi connectivity index (χ3n) is 7.00. The SMILES string of the molecule is CCCCCCCCC(CC)(CC)c1ccc2cc(-c3ccccc3Br)ccc2c1. The smallest absolute Gasteiger partial charge is 0.0253 e. The minimum atomic E-state index is 0.320. The summed E-state index contributed by atoms with van der Waals surface area (Å²) in [6.07, 6.45) is 12.0.